The summed E-state index contributed by atoms with van der Waals surface area (Å²) in [5.74, 6) is 0.567. The molecule has 1 unspecified atom stereocenters. The van der Waals surface area contributed by atoms with Gasteiger partial charge in [0.25, 0.3) is 0 Å². The third kappa shape index (κ3) is 5.24. The van der Waals surface area contributed by atoms with Gasteiger partial charge in [0.1, 0.15) is 5.78 Å². The highest BCUT2D eigenvalue weighted by molar-refractivity contribution is 6.30. The quantitative estimate of drug-likeness (QED) is 0.555. The van der Waals surface area contributed by atoms with Gasteiger partial charge in [-0.3, -0.25) is 4.79 Å². The van der Waals surface area contributed by atoms with Gasteiger partial charge in [0, 0.05) is 33.8 Å². The molecule has 3 nitrogen and oxygen atoms in total. The zero-order chi connectivity index (χ0) is 21.7. The first-order valence-electron chi connectivity index (χ1n) is 10.4. The van der Waals surface area contributed by atoms with Gasteiger partial charge in [0.05, 0.1) is 6.07 Å². The van der Waals surface area contributed by atoms with E-state index in [9.17, 15) is 10.1 Å². The van der Waals surface area contributed by atoms with Crippen LogP contribution in [0.3, 0.4) is 0 Å². The second-order valence-electron chi connectivity index (χ2n) is 8.61. The van der Waals surface area contributed by atoms with Crippen LogP contribution in [0.2, 0.25) is 10.0 Å². The summed E-state index contributed by atoms with van der Waals surface area (Å²) in [5.41, 5.74) is 1.76. The summed E-state index contributed by atoms with van der Waals surface area (Å²) in [4.78, 5) is 13.0. The molecule has 30 heavy (non-hydrogen) atoms. The minimum Gasteiger partial charge on any atom is -0.312 e. The molecule has 3 rings (SSSR count). The molecule has 0 aliphatic carbocycles. The SMILES string of the molecule is CC(=O)C(C)(CCc1ccc(Cl)cc1)[C@H]1NC[C@@H](CC#N)C[C@@H]1c1cccc(Cl)c1. The van der Waals surface area contributed by atoms with Gasteiger partial charge < -0.3 is 5.32 Å². The summed E-state index contributed by atoms with van der Waals surface area (Å²) in [5, 5.41) is 14.3. The standard InChI is InChI=1S/C25H28Cl2N2O/c1-17(30)25(2,12-10-18-6-8-21(26)9-7-18)24-23(14-19(11-13-28)16-29-24)20-4-3-5-22(27)15-20/h3-9,15,19,23-24,29H,10-12,14,16H2,1-2H3/t19-,23+,24-,25?/m0/s1. The lowest BCUT2D eigenvalue weighted by Crippen LogP contribution is -2.55. The van der Waals surface area contributed by atoms with Crippen LogP contribution in [-0.2, 0) is 11.2 Å². The van der Waals surface area contributed by atoms with Crippen molar-refractivity contribution >= 4 is 29.0 Å². The molecule has 158 valence electrons. The van der Waals surface area contributed by atoms with E-state index in [0.717, 1.165) is 31.4 Å². The number of hydrogen-bond acceptors (Lipinski definition) is 3. The molecule has 5 heteroatoms. The summed E-state index contributed by atoms with van der Waals surface area (Å²) in [6.45, 7) is 4.52. The lowest BCUT2D eigenvalue weighted by Gasteiger charge is -2.46. The summed E-state index contributed by atoms with van der Waals surface area (Å²) in [6.07, 6.45) is 2.92. The summed E-state index contributed by atoms with van der Waals surface area (Å²) < 4.78 is 0. The fourth-order valence-corrected chi connectivity index (χ4v) is 4.96. The summed E-state index contributed by atoms with van der Waals surface area (Å²) in [6, 6.07) is 18.0. The monoisotopic (exact) mass is 442 g/mol. The molecule has 1 aliphatic heterocycles. The molecule has 0 bridgehead atoms. The van der Waals surface area contributed by atoms with Gasteiger partial charge in [-0.15, -0.1) is 0 Å². The number of ketones is 1. The number of nitrogens with zero attached hydrogens (tertiary/aromatic N) is 1. The third-order valence-electron chi connectivity index (χ3n) is 6.61. The first-order chi connectivity index (χ1) is 14.3. The number of aryl methyl sites for hydroxylation is 1. The van der Waals surface area contributed by atoms with Crippen molar-refractivity contribution in [2.24, 2.45) is 11.3 Å². The van der Waals surface area contributed by atoms with Gasteiger partial charge >= 0.3 is 0 Å². The first kappa shape index (κ1) is 22.8. The normalized spacial score (nSPS) is 23.4. The average Bonchev–Trinajstić information content (AvgIpc) is 2.73. The van der Waals surface area contributed by atoms with Gasteiger partial charge in [0.15, 0.2) is 0 Å². The van der Waals surface area contributed by atoms with Crippen molar-refractivity contribution in [1.29, 1.82) is 5.26 Å². The Balaban J connectivity index is 1.90. The molecule has 1 heterocycles. The molecule has 0 saturated carbocycles. The van der Waals surface area contributed by atoms with E-state index in [2.05, 4.69) is 24.4 Å². The Morgan fingerprint density at radius 3 is 2.57 bits per heavy atom. The Labute approximate surface area is 189 Å². The van der Waals surface area contributed by atoms with E-state index in [4.69, 9.17) is 23.2 Å². The van der Waals surface area contributed by atoms with Gasteiger partial charge in [-0.25, -0.2) is 0 Å². The second-order valence-corrected chi connectivity index (χ2v) is 9.48. The van der Waals surface area contributed by atoms with Crippen LogP contribution < -0.4 is 5.32 Å². The highest BCUT2D eigenvalue weighted by Crippen LogP contribution is 2.43. The van der Waals surface area contributed by atoms with Crippen molar-refractivity contribution < 1.29 is 4.79 Å². The number of benzene rings is 2. The fourth-order valence-electron chi connectivity index (χ4n) is 4.64. The number of carbonyl (C=O) groups is 1. The van der Waals surface area contributed by atoms with Crippen LogP contribution in [0.4, 0.5) is 0 Å². The summed E-state index contributed by atoms with van der Waals surface area (Å²) >= 11 is 12.3. The number of nitriles is 1. The molecule has 1 fully saturated rings. The molecular weight excluding hydrogens is 415 g/mol. The van der Waals surface area contributed by atoms with E-state index >= 15 is 0 Å². The molecule has 4 atom stereocenters. The number of rotatable bonds is 7. The van der Waals surface area contributed by atoms with Crippen molar-refractivity contribution in [3.05, 3.63) is 69.7 Å². The molecular formula is C25H28Cl2N2O. The molecule has 1 N–H and O–H groups in total. The van der Waals surface area contributed by atoms with Gasteiger partial charge in [-0.05, 0) is 74.0 Å². The van der Waals surface area contributed by atoms with Crippen molar-refractivity contribution in [1.82, 2.24) is 5.32 Å². The molecule has 2 aromatic rings. The smallest absolute Gasteiger partial charge is 0.137 e. The number of carbonyl (C=O) groups excluding carboxylic acids is 1. The molecule has 1 saturated heterocycles. The number of hydrogen-bond donors (Lipinski definition) is 1. The number of Topliss-reactive ketones (excluding diaryl/α,β-unsaturated/α-hetero) is 1. The van der Waals surface area contributed by atoms with Gasteiger partial charge in [0.2, 0.25) is 0 Å². The summed E-state index contributed by atoms with van der Waals surface area (Å²) in [7, 11) is 0. The highest BCUT2D eigenvalue weighted by atomic mass is 35.5. The topological polar surface area (TPSA) is 52.9 Å². The Kier molecular flexibility index (Phi) is 7.58. The van der Waals surface area contributed by atoms with Gasteiger partial charge in [-0.1, -0.05) is 54.4 Å². The Morgan fingerprint density at radius 1 is 1.20 bits per heavy atom. The van der Waals surface area contributed by atoms with Crippen LogP contribution in [0.15, 0.2) is 48.5 Å². The van der Waals surface area contributed by atoms with Crippen molar-refractivity contribution in [3.63, 3.8) is 0 Å². The maximum Gasteiger partial charge on any atom is 0.137 e. The zero-order valence-corrected chi connectivity index (χ0v) is 19.0. The van der Waals surface area contributed by atoms with Crippen LogP contribution in [0.5, 0.6) is 0 Å². The van der Waals surface area contributed by atoms with Crippen molar-refractivity contribution in [3.8, 4) is 6.07 Å². The molecule has 0 spiro atoms. The molecule has 1 aliphatic rings. The van der Waals surface area contributed by atoms with E-state index in [1.54, 1.807) is 6.92 Å². The highest BCUT2D eigenvalue weighted by Gasteiger charge is 2.45. The van der Waals surface area contributed by atoms with E-state index in [0.29, 0.717) is 16.5 Å². The van der Waals surface area contributed by atoms with Crippen LogP contribution in [-0.4, -0.2) is 18.4 Å². The molecule has 0 aromatic heterocycles. The average molecular weight is 443 g/mol. The van der Waals surface area contributed by atoms with Crippen LogP contribution in [0.1, 0.15) is 50.2 Å². The number of halogens is 2. The van der Waals surface area contributed by atoms with E-state index < -0.39 is 5.41 Å². The Bertz CT molecular complexity index is 921. The predicted octanol–water partition coefficient (Wildman–Crippen LogP) is 6.20. The Morgan fingerprint density at radius 2 is 1.93 bits per heavy atom. The van der Waals surface area contributed by atoms with E-state index in [-0.39, 0.29) is 23.7 Å². The lowest BCUT2D eigenvalue weighted by molar-refractivity contribution is -0.128. The van der Waals surface area contributed by atoms with Crippen LogP contribution >= 0.6 is 23.2 Å². The van der Waals surface area contributed by atoms with E-state index in [1.807, 2.05) is 42.5 Å². The predicted molar refractivity (Wildman–Crippen MR) is 123 cm³/mol. The Hall–Kier alpha value is -1.86. The first-order valence-corrected chi connectivity index (χ1v) is 11.2. The van der Waals surface area contributed by atoms with Crippen molar-refractivity contribution in [2.75, 3.05) is 6.54 Å². The minimum absolute atomic E-state index is 0.0179. The zero-order valence-electron chi connectivity index (χ0n) is 17.5. The second kappa shape index (κ2) is 9.96. The molecule has 2 aromatic carbocycles. The van der Waals surface area contributed by atoms with Crippen LogP contribution in [0, 0.1) is 22.7 Å². The number of nitrogens with one attached hydrogen (secondary N) is 1. The molecule has 0 amide bonds. The minimum atomic E-state index is -0.537. The number of piperidine rings is 1. The fraction of sp³-hybridized carbons (Fsp3) is 0.440. The van der Waals surface area contributed by atoms with E-state index in [1.165, 1.54) is 5.56 Å². The maximum atomic E-state index is 13.0. The third-order valence-corrected chi connectivity index (χ3v) is 7.10. The van der Waals surface area contributed by atoms with Crippen molar-refractivity contribution in [2.45, 2.75) is 51.5 Å². The van der Waals surface area contributed by atoms with Gasteiger partial charge in [-0.2, -0.15) is 5.26 Å². The maximum absolute atomic E-state index is 13.0. The largest absolute Gasteiger partial charge is 0.312 e. The van der Waals surface area contributed by atoms with Crippen LogP contribution in [0.25, 0.3) is 0 Å². The lowest BCUT2D eigenvalue weighted by atomic mass is 9.64. The molecule has 0 radical (unpaired) electrons.